The Bertz CT molecular complexity index is 2680. The second-order valence-electron chi connectivity index (χ2n) is 13.6. The van der Waals surface area contributed by atoms with Crippen LogP contribution in [-0.2, 0) is 17.1 Å². The zero-order valence-electron chi connectivity index (χ0n) is 31.3. The first-order valence-electron chi connectivity index (χ1n) is 18.4. The number of rotatable bonds is 4. The van der Waals surface area contributed by atoms with Crippen LogP contribution in [0.15, 0.2) is 194 Å². The molecule has 0 unspecified atom stereocenters. The number of aromatic nitrogens is 4. The van der Waals surface area contributed by atoms with Gasteiger partial charge in [-0.25, -0.2) is 19.9 Å². The number of halogens is 6. The molecule has 0 spiro atoms. The molecule has 4 nitrogen and oxygen atoms in total. The van der Waals surface area contributed by atoms with Crippen molar-refractivity contribution in [2.75, 3.05) is 0 Å². The topological polar surface area (TPSA) is 51.6 Å². The van der Waals surface area contributed by atoms with Crippen molar-refractivity contribution >= 4 is 51.4 Å². The molecular weight excluding hydrogens is 841 g/mol. The van der Waals surface area contributed by atoms with Crippen molar-refractivity contribution in [2.45, 2.75) is 0 Å². The van der Waals surface area contributed by atoms with Gasteiger partial charge in [0, 0.05) is 43.8 Å². The Morgan fingerprint density at radius 1 is 0.250 bits per heavy atom. The van der Waals surface area contributed by atoms with Gasteiger partial charge in [-0.05, 0) is 24.3 Å². The van der Waals surface area contributed by atoms with Gasteiger partial charge in [-0.2, -0.15) is 0 Å². The van der Waals surface area contributed by atoms with Crippen LogP contribution >= 0.6 is 7.81 Å². The predicted molar refractivity (Wildman–Crippen MR) is 229 cm³/mol. The van der Waals surface area contributed by atoms with Crippen molar-refractivity contribution in [3.63, 3.8) is 0 Å². The van der Waals surface area contributed by atoms with Gasteiger partial charge in [0.2, 0.25) is 0 Å². The molecule has 4 heterocycles. The van der Waals surface area contributed by atoms with E-state index in [1.54, 1.807) is 0 Å². The van der Waals surface area contributed by atoms with E-state index in [9.17, 15) is 25.2 Å². The molecule has 0 N–H and O–H groups in total. The van der Waals surface area contributed by atoms with Crippen LogP contribution in [0.25, 0.3) is 88.6 Å². The molecule has 10 aromatic rings. The maximum atomic E-state index is 9.87. The molecule has 12 heteroatoms. The second-order valence-corrected chi connectivity index (χ2v) is 15.5. The molecule has 0 saturated carbocycles. The fraction of sp³-hybridized carbons (Fsp3) is 0. The summed E-state index contributed by atoms with van der Waals surface area (Å²) in [5.74, 6) is 0. The van der Waals surface area contributed by atoms with E-state index in [4.69, 9.17) is 19.9 Å². The smallest absolute Gasteiger partial charge is 0.245 e. The fourth-order valence-corrected chi connectivity index (χ4v) is 6.61. The first-order chi connectivity index (χ1) is 28.2. The summed E-state index contributed by atoms with van der Waals surface area (Å²) in [7, 11) is -10.7. The van der Waals surface area contributed by atoms with Crippen LogP contribution in [0, 0.1) is 0 Å². The van der Waals surface area contributed by atoms with Gasteiger partial charge in [-0.1, -0.05) is 170 Å². The first kappa shape index (κ1) is 41.6. The maximum Gasteiger partial charge on any atom is 1.00 e. The van der Waals surface area contributed by atoms with E-state index in [1.165, 1.54) is 0 Å². The van der Waals surface area contributed by atoms with Gasteiger partial charge in [0.15, 0.2) is 0 Å². The van der Waals surface area contributed by atoms with E-state index in [-0.39, 0.29) is 17.1 Å². The molecule has 0 saturated heterocycles. The van der Waals surface area contributed by atoms with Crippen molar-refractivity contribution in [1.29, 1.82) is 0 Å². The molecule has 302 valence electrons. The molecule has 0 atom stereocenters. The zero-order valence-corrected chi connectivity index (χ0v) is 33.1. The maximum absolute atomic E-state index is 10.7. The van der Waals surface area contributed by atoms with E-state index >= 15 is 0 Å². The molecule has 4 aromatic heterocycles. The SMILES string of the molecule is F[P-](F)(F)(F)(F)F.[Cu+].c1ccc(-c2ccc3ccc4ccc(-c5ccccc5)nc4c3n2)cc1.c1ccc(-c2ccc3ccc4ccc(-c5ccccc5)nc4c3n2)cc1. The number of nitrogens with zero attached hydrogens (tertiary/aromatic N) is 4. The Labute approximate surface area is 351 Å². The Morgan fingerprint density at radius 3 is 0.600 bits per heavy atom. The molecule has 0 fully saturated rings. The summed E-state index contributed by atoms with van der Waals surface area (Å²) in [5.41, 5.74) is 12.1. The minimum Gasteiger partial charge on any atom is -0.245 e. The fourth-order valence-electron chi connectivity index (χ4n) is 6.61. The first-order valence-corrected chi connectivity index (χ1v) is 20.4. The van der Waals surface area contributed by atoms with Gasteiger partial charge in [0.1, 0.15) is 0 Å². The third-order valence-corrected chi connectivity index (χ3v) is 9.32. The summed E-state index contributed by atoms with van der Waals surface area (Å²) in [5, 5.41) is 4.43. The molecule has 0 amide bonds. The van der Waals surface area contributed by atoms with Gasteiger partial charge < -0.3 is 0 Å². The zero-order chi connectivity index (χ0) is 41.1. The normalized spacial score (nSPS) is 12.3. The molecule has 0 aliphatic rings. The quantitative estimate of drug-likeness (QED) is 0.0765. The van der Waals surface area contributed by atoms with Crippen molar-refractivity contribution in [2.24, 2.45) is 0 Å². The number of hydrogen-bond acceptors (Lipinski definition) is 4. The molecule has 0 radical (unpaired) electrons. The van der Waals surface area contributed by atoms with Crippen LogP contribution in [0.4, 0.5) is 25.2 Å². The standard InChI is InChI=1S/2C24H16N2.Cu.F6P/c2*1-3-7-17(8-4-1)21-15-13-19-11-12-20-14-16-22(18-9-5-2-6-10-18)26-24(20)23(19)25-21;;1-7(2,3,4,5)6/h2*1-16H;;/q;;+1;-1. The van der Waals surface area contributed by atoms with Gasteiger partial charge in [0.25, 0.3) is 0 Å². The average molecular weight is 873 g/mol. The number of pyridine rings is 4. The van der Waals surface area contributed by atoms with Gasteiger partial charge in [0.05, 0.1) is 44.8 Å². The molecule has 0 bridgehead atoms. The summed E-state index contributed by atoms with van der Waals surface area (Å²) >= 11 is 0. The molecular formula is C48H32CuF6N4P. The third-order valence-electron chi connectivity index (χ3n) is 9.32. The Kier molecular flexibility index (Phi) is 11.3. The Balaban J connectivity index is 0.000000155. The van der Waals surface area contributed by atoms with E-state index < -0.39 is 7.81 Å². The van der Waals surface area contributed by atoms with Crippen molar-refractivity contribution in [3.05, 3.63) is 194 Å². The van der Waals surface area contributed by atoms with Crippen LogP contribution in [-0.4, -0.2) is 19.9 Å². The van der Waals surface area contributed by atoms with Crippen LogP contribution in [0.2, 0.25) is 0 Å². The predicted octanol–water partition coefficient (Wildman–Crippen LogP) is 15.6. The monoisotopic (exact) mass is 872 g/mol. The Morgan fingerprint density at radius 2 is 0.417 bits per heavy atom. The molecule has 0 aliphatic carbocycles. The molecule has 0 aliphatic heterocycles. The van der Waals surface area contributed by atoms with Gasteiger partial charge in [-0.15, -0.1) is 0 Å². The van der Waals surface area contributed by atoms with Crippen LogP contribution in [0.1, 0.15) is 0 Å². The summed E-state index contributed by atoms with van der Waals surface area (Å²) in [6.07, 6.45) is 0. The van der Waals surface area contributed by atoms with Crippen molar-refractivity contribution < 1.29 is 42.3 Å². The third kappa shape index (κ3) is 10.6. The van der Waals surface area contributed by atoms with Crippen LogP contribution < -0.4 is 0 Å². The van der Waals surface area contributed by atoms with Gasteiger partial charge >= 0.3 is 50.1 Å². The van der Waals surface area contributed by atoms with E-state index in [1.807, 2.05) is 72.8 Å². The molecule has 60 heavy (non-hydrogen) atoms. The average Bonchev–Trinajstić information content (AvgIpc) is 3.26. The van der Waals surface area contributed by atoms with Gasteiger partial charge in [-0.3, -0.25) is 0 Å². The minimum absolute atomic E-state index is 0. The summed E-state index contributed by atoms with van der Waals surface area (Å²) in [4.78, 5) is 19.8. The summed E-state index contributed by atoms with van der Waals surface area (Å²) in [6, 6.07) is 66.3. The largest absolute Gasteiger partial charge is 1.00 e. The number of hydrogen-bond donors (Lipinski definition) is 0. The number of benzene rings is 6. The summed E-state index contributed by atoms with van der Waals surface area (Å²) in [6.45, 7) is 0. The molecule has 10 rings (SSSR count). The van der Waals surface area contributed by atoms with Crippen LogP contribution in [0.3, 0.4) is 0 Å². The number of fused-ring (bicyclic) bond motifs is 6. The van der Waals surface area contributed by atoms with Crippen LogP contribution in [0.5, 0.6) is 0 Å². The second kappa shape index (κ2) is 16.3. The van der Waals surface area contributed by atoms with Crippen molar-refractivity contribution in [1.82, 2.24) is 19.9 Å². The Hall–Kier alpha value is -6.51. The minimum atomic E-state index is -10.7. The summed E-state index contributed by atoms with van der Waals surface area (Å²) < 4.78 is 59.2. The van der Waals surface area contributed by atoms with E-state index in [2.05, 4.69) is 121 Å². The van der Waals surface area contributed by atoms with E-state index in [0.29, 0.717) is 0 Å². The molecule has 6 aromatic carbocycles. The van der Waals surface area contributed by atoms with Crippen molar-refractivity contribution in [3.8, 4) is 45.0 Å². The van der Waals surface area contributed by atoms with E-state index in [0.717, 1.165) is 88.6 Å².